The Bertz CT molecular complexity index is 836. The molecule has 7 nitrogen and oxygen atoms in total. The van der Waals surface area contributed by atoms with Gasteiger partial charge in [0.1, 0.15) is 12.1 Å². The van der Waals surface area contributed by atoms with E-state index in [1.165, 1.54) is 6.42 Å². The molecule has 1 amide bonds. The molecule has 2 aliphatic rings. The summed E-state index contributed by atoms with van der Waals surface area (Å²) in [6, 6.07) is 6.94. The molecule has 0 aliphatic heterocycles. The van der Waals surface area contributed by atoms with Crippen molar-refractivity contribution in [2.75, 3.05) is 39.2 Å². The molecule has 162 valence electrons. The summed E-state index contributed by atoms with van der Waals surface area (Å²) in [6.07, 6.45) is 7.23. The molecule has 2 aromatic rings. The summed E-state index contributed by atoms with van der Waals surface area (Å²) in [5, 5.41) is 8.91. The van der Waals surface area contributed by atoms with E-state index in [4.69, 9.17) is 4.74 Å². The number of nitrogens with one attached hydrogen (secondary N) is 2. The Kier molecular flexibility index (Phi) is 6.65. The summed E-state index contributed by atoms with van der Waals surface area (Å²) >= 11 is 1.69. The fourth-order valence-corrected chi connectivity index (χ4v) is 5.15. The number of amides is 1. The molecule has 2 N–H and O–H groups in total. The van der Waals surface area contributed by atoms with Gasteiger partial charge in [-0.15, -0.1) is 11.3 Å². The second-order valence-electron chi connectivity index (χ2n) is 8.60. The first-order chi connectivity index (χ1) is 14.6. The highest BCUT2D eigenvalue weighted by Crippen LogP contribution is 2.57. The average molecular weight is 430 g/mol. The van der Waals surface area contributed by atoms with Crippen molar-refractivity contribution in [2.24, 2.45) is 5.41 Å². The quantitative estimate of drug-likeness (QED) is 0.638. The van der Waals surface area contributed by atoms with Gasteiger partial charge in [0.2, 0.25) is 5.91 Å². The van der Waals surface area contributed by atoms with Gasteiger partial charge in [0.15, 0.2) is 0 Å². The molecule has 2 fully saturated rings. The van der Waals surface area contributed by atoms with Crippen LogP contribution in [0.5, 0.6) is 0 Å². The summed E-state index contributed by atoms with van der Waals surface area (Å²) in [4.78, 5) is 24.3. The zero-order valence-corrected chi connectivity index (χ0v) is 18.6. The lowest BCUT2D eigenvalue weighted by Crippen LogP contribution is -2.43. The molecule has 30 heavy (non-hydrogen) atoms. The summed E-state index contributed by atoms with van der Waals surface area (Å²) in [5.41, 5.74) is 1.34. The maximum Gasteiger partial charge on any atom is 0.234 e. The van der Waals surface area contributed by atoms with Crippen LogP contribution >= 0.6 is 11.3 Å². The smallest absolute Gasteiger partial charge is 0.234 e. The molecule has 1 spiro atoms. The lowest BCUT2D eigenvalue weighted by atomic mass is 9.82. The van der Waals surface area contributed by atoms with Crippen LogP contribution in [0.2, 0.25) is 0 Å². The van der Waals surface area contributed by atoms with Gasteiger partial charge in [-0.2, -0.15) is 0 Å². The molecule has 0 saturated heterocycles. The van der Waals surface area contributed by atoms with E-state index in [0.29, 0.717) is 30.7 Å². The third kappa shape index (κ3) is 5.17. The van der Waals surface area contributed by atoms with Crippen LogP contribution in [0.25, 0.3) is 10.6 Å². The zero-order chi connectivity index (χ0) is 21.0. The van der Waals surface area contributed by atoms with E-state index in [-0.39, 0.29) is 5.91 Å². The maximum absolute atomic E-state index is 12.3. The lowest BCUT2D eigenvalue weighted by Gasteiger charge is -2.30. The monoisotopic (exact) mass is 429 g/mol. The minimum Gasteiger partial charge on any atom is -0.383 e. The molecule has 2 heterocycles. The van der Waals surface area contributed by atoms with Crippen molar-refractivity contribution in [1.82, 2.24) is 20.2 Å². The molecule has 2 saturated carbocycles. The minimum absolute atomic E-state index is 0.113. The SMILES string of the molecule is COCCN(C)CC(=O)NC1CCC2(CC1)CC2Nc1cc(-c2cccs2)ncn1. The van der Waals surface area contributed by atoms with Crippen molar-refractivity contribution in [2.45, 2.75) is 44.2 Å². The summed E-state index contributed by atoms with van der Waals surface area (Å²) in [7, 11) is 3.63. The summed E-state index contributed by atoms with van der Waals surface area (Å²) in [6.45, 7) is 1.84. The van der Waals surface area contributed by atoms with E-state index < -0.39 is 0 Å². The van der Waals surface area contributed by atoms with Crippen molar-refractivity contribution in [3.8, 4) is 10.6 Å². The van der Waals surface area contributed by atoms with Gasteiger partial charge in [0.25, 0.3) is 0 Å². The average Bonchev–Trinajstić information content (AvgIpc) is 3.14. The molecular weight excluding hydrogens is 398 g/mol. The fourth-order valence-electron chi connectivity index (χ4n) is 4.46. The van der Waals surface area contributed by atoms with Gasteiger partial charge in [-0.25, -0.2) is 9.97 Å². The molecule has 0 bridgehead atoms. The van der Waals surface area contributed by atoms with Crippen LogP contribution in [-0.2, 0) is 9.53 Å². The first kappa shape index (κ1) is 21.2. The van der Waals surface area contributed by atoms with Crippen LogP contribution in [0.4, 0.5) is 5.82 Å². The van der Waals surface area contributed by atoms with Gasteiger partial charge in [0, 0.05) is 31.8 Å². The van der Waals surface area contributed by atoms with E-state index in [0.717, 1.165) is 48.6 Å². The van der Waals surface area contributed by atoms with Crippen LogP contribution in [0.15, 0.2) is 29.9 Å². The number of hydrogen-bond acceptors (Lipinski definition) is 7. The predicted octanol–water partition coefficient (Wildman–Crippen LogP) is 3.01. The standard InChI is InChI=1S/C22H31N5O2S/c1-27(9-10-29-2)14-21(28)25-16-5-7-22(8-6-16)13-19(22)26-20-12-17(23-15-24-20)18-4-3-11-30-18/h3-4,11-12,15-16,19H,5-10,13-14H2,1-2H3,(H,25,28)(H,23,24,26). The van der Waals surface area contributed by atoms with Crippen LogP contribution in [0, 0.1) is 5.41 Å². The second kappa shape index (κ2) is 9.41. The molecule has 0 radical (unpaired) electrons. The van der Waals surface area contributed by atoms with E-state index in [2.05, 4.69) is 32.0 Å². The van der Waals surface area contributed by atoms with Crippen LogP contribution < -0.4 is 10.6 Å². The third-order valence-corrected chi connectivity index (χ3v) is 7.28. The van der Waals surface area contributed by atoms with Gasteiger partial charge in [0.05, 0.1) is 23.7 Å². The highest BCUT2D eigenvalue weighted by atomic mass is 32.1. The molecule has 1 atom stereocenters. The van der Waals surface area contributed by atoms with Gasteiger partial charge in [-0.1, -0.05) is 6.07 Å². The Hall–Kier alpha value is -2.03. The molecular formula is C22H31N5O2S. The van der Waals surface area contributed by atoms with Crippen LogP contribution in [-0.4, -0.2) is 66.7 Å². The Morgan fingerprint density at radius 1 is 1.37 bits per heavy atom. The second-order valence-corrected chi connectivity index (χ2v) is 9.55. The fraction of sp³-hybridized carbons (Fsp3) is 0.591. The molecule has 1 unspecified atom stereocenters. The Balaban J connectivity index is 1.23. The topological polar surface area (TPSA) is 79.4 Å². The zero-order valence-electron chi connectivity index (χ0n) is 17.8. The molecule has 2 aliphatic carbocycles. The van der Waals surface area contributed by atoms with Crippen molar-refractivity contribution in [3.63, 3.8) is 0 Å². The molecule has 4 rings (SSSR count). The van der Waals surface area contributed by atoms with E-state index in [9.17, 15) is 4.79 Å². The van der Waals surface area contributed by atoms with Crippen molar-refractivity contribution < 1.29 is 9.53 Å². The van der Waals surface area contributed by atoms with E-state index >= 15 is 0 Å². The number of methoxy groups -OCH3 is 1. The number of carbonyl (C=O) groups excluding carboxylic acids is 1. The first-order valence-corrected chi connectivity index (χ1v) is 11.6. The number of ether oxygens (including phenoxy) is 1. The number of thiophene rings is 1. The van der Waals surface area contributed by atoms with Crippen LogP contribution in [0.1, 0.15) is 32.1 Å². The lowest BCUT2D eigenvalue weighted by molar-refractivity contribution is -0.123. The molecule has 2 aromatic heterocycles. The largest absolute Gasteiger partial charge is 0.383 e. The first-order valence-electron chi connectivity index (χ1n) is 10.7. The number of carbonyl (C=O) groups is 1. The Labute approximate surface area is 182 Å². The highest BCUT2D eigenvalue weighted by Gasteiger charge is 2.55. The highest BCUT2D eigenvalue weighted by molar-refractivity contribution is 7.13. The maximum atomic E-state index is 12.3. The predicted molar refractivity (Wildman–Crippen MR) is 120 cm³/mol. The normalized spacial score (nSPS) is 25.4. The summed E-state index contributed by atoms with van der Waals surface area (Å²) in [5.74, 6) is 1.02. The number of hydrogen-bond donors (Lipinski definition) is 2. The van der Waals surface area contributed by atoms with E-state index in [1.54, 1.807) is 24.8 Å². The molecule has 0 aromatic carbocycles. The van der Waals surface area contributed by atoms with Crippen molar-refractivity contribution >= 4 is 23.1 Å². The van der Waals surface area contributed by atoms with E-state index in [1.807, 2.05) is 24.1 Å². The molecule has 8 heteroatoms. The summed E-state index contributed by atoms with van der Waals surface area (Å²) < 4.78 is 5.06. The minimum atomic E-state index is 0.113. The number of aromatic nitrogens is 2. The van der Waals surface area contributed by atoms with Gasteiger partial charge < -0.3 is 15.4 Å². The number of nitrogens with zero attached hydrogens (tertiary/aromatic N) is 3. The van der Waals surface area contributed by atoms with Crippen molar-refractivity contribution in [3.05, 3.63) is 29.9 Å². The van der Waals surface area contributed by atoms with Gasteiger partial charge in [-0.3, -0.25) is 9.69 Å². The van der Waals surface area contributed by atoms with Gasteiger partial charge in [-0.05, 0) is 56.0 Å². The third-order valence-electron chi connectivity index (χ3n) is 6.39. The number of rotatable bonds is 9. The Morgan fingerprint density at radius 3 is 2.93 bits per heavy atom. The number of likely N-dealkylation sites (N-methyl/N-ethyl adjacent to an activating group) is 1. The van der Waals surface area contributed by atoms with Crippen molar-refractivity contribution in [1.29, 1.82) is 0 Å². The van der Waals surface area contributed by atoms with Gasteiger partial charge >= 0.3 is 0 Å². The number of anilines is 1. The Morgan fingerprint density at radius 2 is 2.20 bits per heavy atom. The van der Waals surface area contributed by atoms with Crippen LogP contribution in [0.3, 0.4) is 0 Å².